The Balaban J connectivity index is 1.52. The van der Waals surface area contributed by atoms with Crippen molar-refractivity contribution in [1.29, 1.82) is 0 Å². The van der Waals surface area contributed by atoms with Gasteiger partial charge in [0.25, 0.3) is 5.91 Å². The summed E-state index contributed by atoms with van der Waals surface area (Å²) < 4.78 is 6.88. The highest BCUT2D eigenvalue weighted by Gasteiger charge is 2.06. The number of ether oxygens (including phenoxy) is 1. The van der Waals surface area contributed by atoms with Crippen molar-refractivity contribution in [3.05, 3.63) is 81.2 Å². The quantitative estimate of drug-likeness (QED) is 0.295. The molecule has 6 nitrogen and oxygen atoms in total. The number of nitrogens with zero attached hydrogens (tertiary/aromatic N) is 1. The molecule has 3 aromatic rings. The van der Waals surface area contributed by atoms with Crippen molar-refractivity contribution in [3.63, 3.8) is 0 Å². The van der Waals surface area contributed by atoms with Crippen LogP contribution in [0.15, 0.2) is 80.7 Å². The van der Waals surface area contributed by atoms with Crippen molar-refractivity contribution in [2.75, 3.05) is 0 Å². The average Bonchev–Trinajstić information content (AvgIpc) is 2.71. The molecule has 148 valence electrons. The molecule has 0 spiro atoms. The van der Waals surface area contributed by atoms with E-state index in [0.29, 0.717) is 26.9 Å². The Labute approximate surface area is 184 Å². The number of nitrogens with one attached hydrogen (secondary N) is 2. The lowest BCUT2D eigenvalue weighted by Gasteiger charge is -2.08. The van der Waals surface area contributed by atoms with Crippen molar-refractivity contribution >= 4 is 49.7 Å². The van der Waals surface area contributed by atoms with Crippen LogP contribution in [-0.2, 0) is 11.3 Å². The van der Waals surface area contributed by atoms with Crippen molar-refractivity contribution in [1.82, 2.24) is 10.9 Å². The van der Waals surface area contributed by atoms with Crippen molar-refractivity contribution < 1.29 is 14.6 Å². The number of hydrogen-bond donors (Lipinski definition) is 3. The van der Waals surface area contributed by atoms with E-state index in [1.165, 1.54) is 6.21 Å². The van der Waals surface area contributed by atoms with E-state index in [9.17, 15) is 9.90 Å². The van der Waals surface area contributed by atoms with E-state index in [-0.39, 0.29) is 5.75 Å². The van der Waals surface area contributed by atoms with Gasteiger partial charge in [-0.1, -0.05) is 24.3 Å². The second-order valence-corrected chi connectivity index (χ2v) is 7.63. The first kappa shape index (κ1) is 21.0. The Morgan fingerprint density at radius 3 is 2.41 bits per heavy atom. The number of rotatable bonds is 7. The lowest BCUT2D eigenvalue weighted by atomic mass is 10.2. The lowest BCUT2D eigenvalue weighted by molar-refractivity contribution is -0.115. The minimum absolute atomic E-state index is 0.128. The summed E-state index contributed by atoms with van der Waals surface area (Å²) in [6.45, 7) is 0.372. The van der Waals surface area contributed by atoms with Crippen LogP contribution < -0.4 is 15.6 Å². The molecule has 0 bridgehead atoms. The summed E-state index contributed by atoms with van der Waals surface area (Å²) in [4.78, 5) is 16.1. The van der Waals surface area contributed by atoms with Gasteiger partial charge in [-0.05, 0) is 73.8 Å². The molecule has 0 saturated heterocycles. The largest absolute Gasteiger partial charge is 0.506 e. The predicted molar refractivity (Wildman–Crippen MR) is 120 cm³/mol. The van der Waals surface area contributed by atoms with Crippen LogP contribution in [0, 0.1) is 0 Å². The number of hydrazine groups is 1. The minimum Gasteiger partial charge on any atom is -0.506 e. The van der Waals surface area contributed by atoms with Gasteiger partial charge in [-0.15, -0.1) is 0 Å². The summed E-state index contributed by atoms with van der Waals surface area (Å²) in [5.74, 6) is 1.09. The lowest BCUT2D eigenvalue weighted by Crippen LogP contribution is -2.37. The molecule has 8 heteroatoms. The highest BCUT2D eigenvalue weighted by molar-refractivity contribution is 9.11. The fraction of sp³-hybridized carbons (Fsp3) is 0.0476. The van der Waals surface area contributed by atoms with Crippen molar-refractivity contribution in [2.24, 2.45) is 4.99 Å². The van der Waals surface area contributed by atoms with E-state index in [1.807, 2.05) is 42.5 Å². The van der Waals surface area contributed by atoms with E-state index in [1.54, 1.807) is 24.3 Å². The van der Waals surface area contributed by atoms with Gasteiger partial charge in [0.1, 0.15) is 17.2 Å². The Hall–Kier alpha value is -2.68. The maximum atomic E-state index is 12.0. The molecule has 3 N–H and O–H groups in total. The first-order chi connectivity index (χ1) is 14.0. The molecule has 0 unspecified atom stereocenters. The summed E-state index contributed by atoms with van der Waals surface area (Å²) in [5, 5.41) is 9.71. The molecular formula is C21H17Br2N3O3. The molecule has 0 radical (unpaired) electrons. The van der Waals surface area contributed by atoms with Crippen LogP contribution in [-0.4, -0.2) is 17.2 Å². The first-order valence-corrected chi connectivity index (χ1v) is 10.2. The van der Waals surface area contributed by atoms with E-state index in [2.05, 4.69) is 47.7 Å². The summed E-state index contributed by atoms with van der Waals surface area (Å²) in [6, 6.07) is 20.1. The SMILES string of the molecule is O=C(C=Nc1cccc(Oc2ccccc2)c1)NNCc1cc(Br)c(O)c(Br)c1. The minimum atomic E-state index is -0.392. The molecule has 3 aromatic carbocycles. The number of phenolic OH excluding ortho intramolecular Hbond substituents is 1. The van der Waals surface area contributed by atoms with E-state index >= 15 is 0 Å². The number of phenols is 1. The summed E-state index contributed by atoms with van der Waals surface area (Å²) in [5.41, 5.74) is 6.83. The highest BCUT2D eigenvalue weighted by atomic mass is 79.9. The molecular weight excluding hydrogens is 502 g/mol. The Bertz CT molecular complexity index is 1000. The smallest absolute Gasteiger partial charge is 0.276 e. The van der Waals surface area contributed by atoms with Crippen LogP contribution >= 0.6 is 31.9 Å². The molecule has 1 amide bonds. The van der Waals surface area contributed by atoms with Crippen molar-refractivity contribution in [2.45, 2.75) is 6.54 Å². The number of carbonyl (C=O) groups excluding carboxylic acids is 1. The number of aliphatic imine (C=N–C) groups is 1. The summed E-state index contributed by atoms with van der Waals surface area (Å²) >= 11 is 6.54. The van der Waals surface area contributed by atoms with E-state index in [4.69, 9.17) is 4.74 Å². The van der Waals surface area contributed by atoms with Crippen molar-refractivity contribution in [3.8, 4) is 17.2 Å². The zero-order chi connectivity index (χ0) is 20.6. The monoisotopic (exact) mass is 517 g/mol. The van der Waals surface area contributed by atoms with E-state index < -0.39 is 5.91 Å². The van der Waals surface area contributed by atoms with Crippen LogP contribution in [0.2, 0.25) is 0 Å². The number of hydrogen-bond acceptors (Lipinski definition) is 5. The Morgan fingerprint density at radius 1 is 1.00 bits per heavy atom. The number of carbonyl (C=O) groups is 1. The number of benzene rings is 3. The van der Waals surface area contributed by atoms with Gasteiger partial charge >= 0.3 is 0 Å². The molecule has 0 heterocycles. The highest BCUT2D eigenvalue weighted by Crippen LogP contribution is 2.33. The summed E-state index contributed by atoms with van der Waals surface area (Å²) in [7, 11) is 0. The molecule has 0 saturated carbocycles. The standard InChI is InChI=1S/C21H17Br2N3O3/c22-18-9-14(10-19(23)21(18)28)12-25-26-20(27)13-24-15-5-4-8-17(11-15)29-16-6-2-1-3-7-16/h1-11,13,25,28H,12H2,(H,26,27). The van der Waals surface area contributed by atoms with Crippen LogP contribution in [0.3, 0.4) is 0 Å². The molecule has 0 aliphatic carbocycles. The fourth-order valence-electron chi connectivity index (χ4n) is 2.37. The van der Waals surface area contributed by atoms with Crippen LogP contribution in [0.25, 0.3) is 0 Å². The summed E-state index contributed by atoms with van der Waals surface area (Å²) in [6.07, 6.45) is 1.19. The van der Waals surface area contributed by atoms with Gasteiger partial charge in [0.2, 0.25) is 0 Å². The second kappa shape index (κ2) is 10.2. The molecule has 0 atom stereocenters. The average molecular weight is 519 g/mol. The maximum Gasteiger partial charge on any atom is 0.276 e. The normalized spacial score (nSPS) is 10.8. The molecule has 0 fully saturated rings. The number of halogens is 2. The predicted octanol–water partition coefficient (Wildman–Crippen LogP) is 5.23. The molecule has 0 aliphatic rings. The van der Waals surface area contributed by atoms with Gasteiger partial charge < -0.3 is 9.84 Å². The molecule has 3 rings (SSSR count). The third kappa shape index (κ3) is 6.42. The zero-order valence-corrected chi connectivity index (χ0v) is 18.3. The topological polar surface area (TPSA) is 83.0 Å². The third-order valence-corrected chi connectivity index (χ3v) is 4.92. The van der Waals surface area contributed by atoms with Gasteiger partial charge in [-0.2, -0.15) is 0 Å². The third-order valence-electron chi connectivity index (χ3n) is 3.71. The second-order valence-electron chi connectivity index (χ2n) is 5.92. The van der Waals surface area contributed by atoms with Gasteiger partial charge in [-0.25, -0.2) is 5.43 Å². The van der Waals surface area contributed by atoms with Gasteiger partial charge in [0, 0.05) is 12.6 Å². The number of para-hydroxylation sites is 1. The van der Waals surface area contributed by atoms with Gasteiger partial charge in [0.15, 0.2) is 0 Å². The molecule has 0 aromatic heterocycles. The number of aromatic hydroxyl groups is 1. The van der Waals surface area contributed by atoms with Crippen LogP contribution in [0.5, 0.6) is 17.2 Å². The van der Waals surface area contributed by atoms with Crippen LogP contribution in [0.1, 0.15) is 5.56 Å². The number of amides is 1. The maximum absolute atomic E-state index is 12.0. The zero-order valence-electron chi connectivity index (χ0n) is 15.1. The molecule has 29 heavy (non-hydrogen) atoms. The molecule has 0 aliphatic heterocycles. The first-order valence-electron chi connectivity index (χ1n) is 8.58. The Kier molecular flexibility index (Phi) is 7.40. The Morgan fingerprint density at radius 2 is 1.69 bits per heavy atom. The fourth-order valence-corrected chi connectivity index (χ4v) is 3.65. The van der Waals surface area contributed by atoms with Gasteiger partial charge in [0.05, 0.1) is 20.8 Å². The van der Waals surface area contributed by atoms with E-state index in [0.717, 1.165) is 11.3 Å². The van der Waals surface area contributed by atoms with Gasteiger partial charge in [-0.3, -0.25) is 15.2 Å². The van der Waals surface area contributed by atoms with Crippen LogP contribution in [0.4, 0.5) is 5.69 Å².